The third kappa shape index (κ3) is 3.66. The zero-order valence-corrected chi connectivity index (χ0v) is 13.6. The van der Waals surface area contributed by atoms with Crippen molar-refractivity contribution in [2.24, 2.45) is 15.4 Å². The van der Waals surface area contributed by atoms with Crippen LogP contribution >= 0.6 is 0 Å². The number of primary sulfonamides is 1. The van der Waals surface area contributed by atoms with Crippen molar-refractivity contribution in [2.75, 3.05) is 11.4 Å². The molecule has 1 amide bonds. The Morgan fingerprint density at radius 3 is 2.08 bits per heavy atom. The molecular weight excluding hydrogens is 328 g/mol. The third-order valence-electron chi connectivity index (χ3n) is 3.75. The Labute approximate surface area is 139 Å². The van der Waals surface area contributed by atoms with Gasteiger partial charge in [-0.2, -0.15) is 10.2 Å². The molecule has 0 spiro atoms. The van der Waals surface area contributed by atoms with Crippen molar-refractivity contribution < 1.29 is 13.2 Å². The quantitative estimate of drug-likeness (QED) is 0.861. The van der Waals surface area contributed by atoms with Gasteiger partial charge in [0.2, 0.25) is 15.9 Å². The first-order valence-corrected chi connectivity index (χ1v) is 8.93. The fourth-order valence-corrected chi connectivity index (χ4v) is 3.19. The summed E-state index contributed by atoms with van der Waals surface area (Å²) in [5.74, 6) is -0.257. The van der Waals surface area contributed by atoms with E-state index in [1.165, 1.54) is 4.90 Å². The number of sulfonamides is 1. The number of hydrogen-bond acceptors (Lipinski definition) is 5. The molecule has 8 heteroatoms. The van der Waals surface area contributed by atoms with Crippen molar-refractivity contribution in [2.45, 2.75) is 11.7 Å². The van der Waals surface area contributed by atoms with Crippen LogP contribution in [0.2, 0.25) is 0 Å². The highest BCUT2D eigenvalue weighted by atomic mass is 32.2. The van der Waals surface area contributed by atoms with Gasteiger partial charge in [0.1, 0.15) is 5.25 Å². The number of carbonyl (C=O) groups is 1. The maximum absolute atomic E-state index is 12.0. The minimum Gasteiger partial charge on any atom is -0.311 e. The zero-order chi connectivity index (χ0) is 17.2. The van der Waals surface area contributed by atoms with Crippen LogP contribution in [-0.2, 0) is 14.8 Å². The average Bonchev–Trinajstić information content (AvgIpc) is 2.97. The predicted octanol–water partition coefficient (Wildman–Crippen LogP) is 2.50. The molecular formula is C16H16N4O3S. The predicted molar refractivity (Wildman–Crippen MR) is 90.9 cm³/mol. The highest BCUT2D eigenvalue weighted by Gasteiger charge is 2.37. The Kier molecular flexibility index (Phi) is 4.41. The Morgan fingerprint density at radius 1 is 0.958 bits per heavy atom. The minimum absolute atomic E-state index is 0.0720. The van der Waals surface area contributed by atoms with Crippen molar-refractivity contribution in [1.29, 1.82) is 0 Å². The van der Waals surface area contributed by atoms with Crippen LogP contribution in [0.15, 0.2) is 64.8 Å². The van der Waals surface area contributed by atoms with Gasteiger partial charge in [-0.05, 0) is 36.4 Å². The van der Waals surface area contributed by atoms with Crippen LogP contribution in [-0.4, -0.2) is 26.1 Å². The van der Waals surface area contributed by atoms with Gasteiger partial charge in [-0.15, -0.1) is 0 Å². The fourth-order valence-electron chi connectivity index (χ4n) is 2.45. The van der Waals surface area contributed by atoms with E-state index >= 15 is 0 Å². The van der Waals surface area contributed by atoms with E-state index in [1.807, 2.05) is 30.3 Å². The SMILES string of the molecule is NS(=O)(=O)C1CC(=O)N(c2ccc(N=Nc3ccccc3)cc2)C1. The summed E-state index contributed by atoms with van der Waals surface area (Å²) in [5.41, 5.74) is 1.99. The Morgan fingerprint density at radius 2 is 1.54 bits per heavy atom. The van der Waals surface area contributed by atoms with Gasteiger partial charge in [0.05, 0.1) is 11.4 Å². The zero-order valence-electron chi connectivity index (χ0n) is 12.7. The summed E-state index contributed by atoms with van der Waals surface area (Å²) in [6, 6.07) is 16.2. The summed E-state index contributed by atoms with van der Waals surface area (Å²) in [6.45, 7) is 0.0720. The highest BCUT2D eigenvalue weighted by molar-refractivity contribution is 7.89. The van der Waals surface area contributed by atoms with Gasteiger partial charge in [-0.1, -0.05) is 18.2 Å². The first-order valence-electron chi connectivity index (χ1n) is 7.32. The Balaban J connectivity index is 1.73. The molecule has 0 aromatic heterocycles. The molecule has 1 heterocycles. The van der Waals surface area contributed by atoms with Crippen molar-refractivity contribution >= 4 is 33.0 Å². The van der Waals surface area contributed by atoms with E-state index in [2.05, 4.69) is 10.2 Å². The van der Waals surface area contributed by atoms with Crippen molar-refractivity contribution in [1.82, 2.24) is 0 Å². The van der Waals surface area contributed by atoms with Gasteiger partial charge in [-0.3, -0.25) is 4.79 Å². The molecule has 124 valence electrons. The van der Waals surface area contributed by atoms with E-state index in [4.69, 9.17) is 5.14 Å². The van der Waals surface area contributed by atoms with Gasteiger partial charge < -0.3 is 4.90 Å². The molecule has 1 atom stereocenters. The lowest BCUT2D eigenvalue weighted by atomic mass is 10.2. The second-order valence-electron chi connectivity index (χ2n) is 5.47. The van der Waals surface area contributed by atoms with Crippen molar-refractivity contribution in [3.8, 4) is 0 Å². The molecule has 2 aromatic carbocycles. The molecule has 0 saturated carbocycles. The van der Waals surface area contributed by atoms with Crippen molar-refractivity contribution in [3.63, 3.8) is 0 Å². The number of amides is 1. The number of carbonyl (C=O) groups excluding carboxylic acids is 1. The van der Waals surface area contributed by atoms with Gasteiger partial charge >= 0.3 is 0 Å². The second kappa shape index (κ2) is 6.50. The summed E-state index contributed by atoms with van der Waals surface area (Å²) in [7, 11) is -3.72. The number of nitrogens with two attached hydrogens (primary N) is 1. The number of anilines is 1. The molecule has 1 saturated heterocycles. The molecule has 0 aliphatic carbocycles. The summed E-state index contributed by atoms with van der Waals surface area (Å²) in [6.07, 6.45) is -0.0890. The van der Waals surface area contributed by atoms with Gasteiger partial charge in [0, 0.05) is 18.7 Å². The molecule has 1 aliphatic rings. The summed E-state index contributed by atoms with van der Waals surface area (Å²) in [4.78, 5) is 13.4. The van der Waals surface area contributed by atoms with Crippen molar-refractivity contribution in [3.05, 3.63) is 54.6 Å². The lowest BCUT2D eigenvalue weighted by Gasteiger charge is -2.16. The lowest BCUT2D eigenvalue weighted by molar-refractivity contribution is -0.117. The monoisotopic (exact) mass is 344 g/mol. The van der Waals surface area contributed by atoms with Crippen LogP contribution in [0.1, 0.15) is 6.42 Å². The first kappa shape index (κ1) is 16.3. The number of azo groups is 1. The Bertz CT molecular complexity index is 864. The summed E-state index contributed by atoms with van der Waals surface area (Å²) < 4.78 is 22.8. The highest BCUT2D eigenvalue weighted by Crippen LogP contribution is 2.27. The summed E-state index contributed by atoms with van der Waals surface area (Å²) in [5, 5.41) is 12.5. The smallest absolute Gasteiger partial charge is 0.228 e. The molecule has 2 N–H and O–H groups in total. The van der Waals surface area contributed by atoms with Crippen LogP contribution in [0, 0.1) is 0 Å². The topological polar surface area (TPSA) is 105 Å². The average molecular weight is 344 g/mol. The summed E-state index contributed by atoms with van der Waals surface area (Å²) >= 11 is 0. The molecule has 1 aliphatic heterocycles. The van der Waals surface area contributed by atoms with E-state index in [1.54, 1.807) is 24.3 Å². The first-order chi connectivity index (χ1) is 11.4. The number of nitrogens with zero attached hydrogens (tertiary/aromatic N) is 3. The van der Waals surface area contributed by atoms with E-state index in [0.717, 1.165) is 5.69 Å². The molecule has 1 unspecified atom stereocenters. The molecule has 0 radical (unpaired) electrons. The van der Waals surface area contributed by atoms with Gasteiger partial charge in [0.15, 0.2) is 0 Å². The van der Waals surface area contributed by atoms with Crippen LogP contribution in [0.5, 0.6) is 0 Å². The number of benzene rings is 2. The second-order valence-corrected chi connectivity index (χ2v) is 7.32. The molecule has 7 nitrogen and oxygen atoms in total. The van der Waals surface area contributed by atoms with E-state index in [0.29, 0.717) is 11.4 Å². The fraction of sp³-hybridized carbons (Fsp3) is 0.188. The third-order valence-corrected chi connectivity index (χ3v) is 5.00. The minimum atomic E-state index is -3.72. The molecule has 3 rings (SSSR count). The van der Waals surface area contributed by atoms with Crippen LogP contribution < -0.4 is 10.0 Å². The van der Waals surface area contributed by atoms with Gasteiger partial charge in [-0.25, -0.2) is 13.6 Å². The standard InChI is InChI=1S/C16H16N4O3S/c17-24(22,23)15-10-16(21)20(11-15)14-8-6-13(7-9-14)19-18-12-4-2-1-3-5-12/h1-9,15H,10-11H2,(H2,17,22,23). The maximum atomic E-state index is 12.0. The number of rotatable bonds is 4. The molecule has 0 bridgehead atoms. The molecule has 2 aromatic rings. The molecule has 24 heavy (non-hydrogen) atoms. The molecule has 1 fully saturated rings. The van der Waals surface area contributed by atoms with Gasteiger partial charge in [0.25, 0.3) is 0 Å². The van der Waals surface area contributed by atoms with E-state index < -0.39 is 15.3 Å². The van der Waals surface area contributed by atoms with E-state index in [9.17, 15) is 13.2 Å². The number of hydrogen-bond donors (Lipinski definition) is 1. The Hall–Kier alpha value is -2.58. The van der Waals surface area contributed by atoms with E-state index in [-0.39, 0.29) is 18.9 Å². The largest absolute Gasteiger partial charge is 0.311 e. The maximum Gasteiger partial charge on any atom is 0.228 e. The van der Waals surface area contributed by atoms with Crippen LogP contribution in [0.3, 0.4) is 0 Å². The lowest BCUT2D eigenvalue weighted by Crippen LogP contribution is -2.32. The van der Waals surface area contributed by atoms with Crippen LogP contribution in [0.4, 0.5) is 17.1 Å². The normalized spacial score (nSPS) is 18.5. The van der Waals surface area contributed by atoms with Crippen LogP contribution in [0.25, 0.3) is 0 Å².